The Hall–Kier alpha value is -1.07. The van der Waals surface area contributed by atoms with Gasteiger partial charge in [-0.3, -0.25) is 9.59 Å². The summed E-state index contributed by atoms with van der Waals surface area (Å²) < 4.78 is 0. The molecule has 0 bridgehead atoms. The van der Waals surface area contributed by atoms with Crippen LogP contribution >= 0.6 is 23.7 Å². The van der Waals surface area contributed by atoms with Gasteiger partial charge in [-0.25, -0.2) is 0 Å². The summed E-state index contributed by atoms with van der Waals surface area (Å²) in [6.45, 7) is 4.78. The quantitative estimate of drug-likeness (QED) is 0.909. The van der Waals surface area contributed by atoms with E-state index in [1.54, 1.807) is 16.2 Å². The van der Waals surface area contributed by atoms with Crippen LogP contribution in [0.5, 0.6) is 0 Å². The molecule has 1 amide bonds. The van der Waals surface area contributed by atoms with Crippen molar-refractivity contribution < 1.29 is 14.7 Å². The van der Waals surface area contributed by atoms with Crippen LogP contribution < -0.4 is 0 Å². The molecular formula is C12H16ClNO3S. The van der Waals surface area contributed by atoms with Crippen molar-refractivity contribution >= 4 is 35.6 Å². The number of carboxylic acids is 1. The second kappa shape index (κ2) is 5.71. The molecule has 1 aromatic rings. The second-order valence-electron chi connectivity index (χ2n) is 4.40. The third kappa shape index (κ3) is 2.84. The highest BCUT2D eigenvalue weighted by Gasteiger charge is 2.32. The summed E-state index contributed by atoms with van der Waals surface area (Å²) >= 11 is 1.60. The van der Waals surface area contributed by atoms with E-state index in [2.05, 4.69) is 0 Å². The first-order valence-corrected chi connectivity index (χ1v) is 6.40. The van der Waals surface area contributed by atoms with Crippen LogP contribution in [-0.4, -0.2) is 35.0 Å². The molecule has 1 aliphatic heterocycles. The van der Waals surface area contributed by atoms with Crippen LogP contribution in [0.2, 0.25) is 0 Å². The summed E-state index contributed by atoms with van der Waals surface area (Å²) in [6.07, 6.45) is 0.559. The van der Waals surface area contributed by atoms with Gasteiger partial charge in [0.05, 0.1) is 11.5 Å². The maximum atomic E-state index is 12.2. The maximum absolute atomic E-state index is 12.2. The number of halogens is 1. The summed E-state index contributed by atoms with van der Waals surface area (Å²) in [7, 11) is 0. The highest BCUT2D eigenvalue weighted by atomic mass is 35.5. The number of hydrogen-bond acceptors (Lipinski definition) is 3. The Kier molecular flexibility index (Phi) is 4.76. The van der Waals surface area contributed by atoms with Crippen molar-refractivity contribution in [1.29, 1.82) is 0 Å². The lowest BCUT2D eigenvalue weighted by atomic mass is 10.1. The van der Waals surface area contributed by atoms with Gasteiger partial charge in [0.15, 0.2) is 0 Å². The van der Waals surface area contributed by atoms with E-state index in [1.807, 2.05) is 19.9 Å². The fourth-order valence-electron chi connectivity index (χ4n) is 2.16. The molecule has 0 aliphatic carbocycles. The predicted molar refractivity (Wildman–Crippen MR) is 72.7 cm³/mol. The van der Waals surface area contributed by atoms with E-state index < -0.39 is 11.9 Å². The van der Waals surface area contributed by atoms with E-state index >= 15 is 0 Å². The summed E-state index contributed by atoms with van der Waals surface area (Å²) in [5, 5.41) is 8.91. The molecule has 0 aromatic carbocycles. The van der Waals surface area contributed by atoms with Gasteiger partial charge in [0.1, 0.15) is 0 Å². The smallest absolute Gasteiger partial charge is 0.308 e. The fourth-order valence-corrected chi connectivity index (χ4v) is 3.08. The van der Waals surface area contributed by atoms with Gasteiger partial charge in [0, 0.05) is 22.8 Å². The number of carbonyl (C=O) groups is 2. The van der Waals surface area contributed by atoms with Gasteiger partial charge in [-0.2, -0.15) is 0 Å². The first kappa shape index (κ1) is 15.0. The van der Waals surface area contributed by atoms with Crippen LogP contribution in [0.15, 0.2) is 6.07 Å². The third-order valence-electron chi connectivity index (χ3n) is 3.10. The predicted octanol–water partition coefficient (Wildman–Crippen LogP) is 2.33. The maximum Gasteiger partial charge on any atom is 0.308 e. The van der Waals surface area contributed by atoms with Gasteiger partial charge in [-0.05, 0) is 26.3 Å². The molecule has 0 saturated carbocycles. The molecule has 1 N–H and O–H groups in total. The summed E-state index contributed by atoms with van der Waals surface area (Å²) in [6, 6.07) is 1.89. The molecule has 1 saturated heterocycles. The Morgan fingerprint density at radius 3 is 2.56 bits per heavy atom. The molecule has 1 fully saturated rings. The Labute approximate surface area is 116 Å². The summed E-state index contributed by atoms with van der Waals surface area (Å²) in [5.41, 5.74) is 0.721. The van der Waals surface area contributed by atoms with Crippen LogP contribution in [0.4, 0.5) is 0 Å². The lowest BCUT2D eigenvalue weighted by molar-refractivity contribution is -0.141. The van der Waals surface area contributed by atoms with Crippen molar-refractivity contribution in [2.24, 2.45) is 5.92 Å². The zero-order chi connectivity index (χ0) is 12.6. The molecule has 1 unspecified atom stereocenters. The van der Waals surface area contributed by atoms with Gasteiger partial charge < -0.3 is 10.0 Å². The Balaban J connectivity index is 0.00000162. The minimum Gasteiger partial charge on any atom is -0.481 e. The van der Waals surface area contributed by atoms with Crippen LogP contribution in [0.3, 0.4) is 0 Å². The number of carboxylic acid groups (broad SMARTS) is 1. The number of nitrogens with zero attached hydrogens (tertiary/aromatic N) is 1. The molecule has 1 aromatic heterocycles. The molecule has 1 aliphatic rings. The molecule has 18 heavy (non-hydrogen) atoms. The number of carbonyl (C=O) groups excluding carboxylic acids is 1. The first-order chi connectivity index (χ1) is 7.99. The Morgan fingerprint density at radius 2 is 2.11 bits per heavy atom. The van der Waals surface area contributed by atoms with Crippen molar-refractivity contribution in [3.63, 3.8) is 0 Å². The second-order valence-corrected chi connectivity index (χ2v) is 5.86. The molecule has 2 heterocycles. The Morgan fingerprint density at radius 1 is 1.44 bits per heavy atom. The normalized spacial score (nSPS) is 18.6. The molecule has 2 rings (SSSR count). The first-order valence-electron chi connectivity index (χ1n) is 5.58. The number of thiophene rings is 1. The summed E-state index contributed by atoms with van der Waals surface area (Å²) in [4.78, 5) is 26.8. The van der Waals surface area contributed by atoms with Gasteiger partial charge >= 0.3 is 5.97 Å². The number of hydrogen-bond donors (Lipinski definition) is 1. The lowest BCUT2D eigenvalue weighted by Crippen LogP contribution is -2.30. The number of likely N-dealkylation sites (tertiary alicyclic amines) is 1. The minimum absolute atomic E-state index is 0. The zero-order valence-electron chi connectivity index (χ0n) is 10.3. The van der Waals surface area contributed by atoms with E-state index in [0.717, 1.165) is 15.3 Å². The van der Waals surface area contributed by atoms with Crippen molar-refractivity contribution in [2.75, 3.05) is 13.1 Å². The molecule has 4 nitrogen and oxygen atoms in total. The zero-order valence-corrected chi connectivity index (χ0v) is 11.9. The molecular weight excluding hydrogens is 274 g/mol. The van der Waals surface area contributed by atoms with Crippen LogP contribution in [0, 0.1) is 19.8 Å². The fraction of sp³-hybridized carbons (Fsp3) is 0.500. The van der Waals surface area contributed by atoms with Gasteiger partial charge in [0.2, 0.25) is 0 Å². The molecule has 0 radical (unpaired) electrons. The van der Waals surface area contributed by atoms with Crippen LogP contribution in [0.1, 0.15) is 26.5 Å². The van der Waals surface area contributed by atoms with E-state index in [1.165, 1.54) is 0 Å². The monoisotopic (exact) mass is 289 g/mol. The SMILES string of the molecule is Cc1cc(C(=O)N2CCC(C(=O)O)C2)c(C)s1.Cl. The van der Waals surface area contributed by atoms with Gasteiger partial charge in [-0.1, -0.05) is 0 Å². The van der Waals surface area contributed by atoms with E-state index in [4.69, 9.17) is 5.11 Å². The van der Waals surface area contributed by atoms with Crippen molar-refractivity contribution in [1.82, 2.24) is 4.90 Å². The molecule has 100 valence electrons. The van der Waals surface area contributed by atoms with E-state index in [9.17, 15) is 9.59 Å². The van der Waals surface area contributed by atoms with E-state index in [0.29, 0.717) is 19.5 Å². The average molecular weight is 290 g/mol. The van der Waals surface area contributed by atoms with Crippen molar-refractivity contribution in [3.8, 4) is 0 Å². The average Bonchev–Trinajstić information content (AvgIpc) is 2.84. The number of amides is 1. The van der Waals surface area contributed by atoms with Crippen LogP contribution in [0.25, 0.3) is 0 Å². The molecule has 0 spiro atoms. The largest absolute Gasteiger partial charge is 0.481 e. The summed E-state index contributed by atoms with van der Waals surface area (Å²) in [5.74, 6) is -1.24. The highest BCUT2D eigenvalue weighted by molar-refractivity contribution is 7.12. The molecule has 6 heteroatoms. The lowest BCUT2D eigenvalue weighted by Gasteiger charge is -2.15. The number of aryl methyl sites for hydroxylation is 2. The number of aliphatic carboxylic acids is 1. The van der Waals surface area contributed by atoms with Gasteiger partial charge in [-0.15, -0.1) is 23.7 Å². The highest BCUT2D eigenvalue weighted by Crippen LogP contribution is 2.25. The third-order valence-corrected chi connectivity index (χ3v) is 4.06. The topological polar surface area (TPSA) is 57.6 Å². The Bertz CT molecular complexity index is 472. The van der Waals surface area contributed by atoms with Crippen molar-refractivity contribution in [2.45, 2.75) is 20.3 Å². The van der Waals surface area contributed by atoms with Gasteiger partial charge in [0.25, 0.3) is 5.91 Å². The standard InChI is InChI=1S/C12H15NO3S.ClH/c1-7-5-10(8(2)17-7)11(14)13-4-3-9(6-13)12(15)16;/h5,9H,3-4,6H2,1-2H3,(H,15,16);1H. The molecule has 1 atom stereocenters. The minimum atomic E-state index is -0.807. The van der Waals surface area contributed by atoms with Crippen LogP contribution in [-0.2, 0) is 4.79 Å². The number of rotatable bonds is 2. The van der Waals surface area contributed by atoms with Crippen molar-refractivity contribution in [3.05, 3.63) is 21.4 Å². The van der Waals surface area contributed by atoms with E-state index in [-0.39, 0.29) is 18.3 Å².